The molecule has 2 unspecified atom stereocenters. The fourth-order valence-electron chi connectivity index (χ4n) is 7.76. The van der Waals surface area contributed by atoms with Gasteiger partial charge in [0.2, 0.25) is 5.91 Å². The number of rotatable bonds is 7. The van der Waals surface area contributed by atoms with Crippen LogP contribution < -0.4 is 5.32 Å². The molecular formula is C26H28Cl2N6O3. The van der Waals surface area contributed by atoms with E-state index < -0.39 is 4.92 Å². The molecule has 4 fully saturated rings. The quantitative estimate of drug-likeness (QED) is 0.292. The summed E-state index contributed by atoms with van der Waals surface area (Å²) in [6.07, 6.45) is 9.67. The van der Waals surface area contributed by atoms with Crippen LogP contribution in [0.2, 0.25) is 10.0 Å². The van der Waals surface area contributed by atoms with Gasteiger partial charge in [-0.05, 0) is 79.3 Å². The van der Waals surface area contributed by atoms with Gasteiger partial charge in [0, 0.05) is 17.6 Å². The molecular weight excluding hydrogens is 515 g/mol. The third-order valence-corrected chi connectivity index (χ3v) is 9.35. The fraction of sp³-hybridized carbons (Fsp3) is 0.500. The Morgan fingerprint density at radius 2 is 1.95 bits per heavy atom. The predicted molar refractivity (Wildman–Crippen MR) is 140 cm³/mol. The van der Waals surface area contributed by atoms with Gasteiger partial charge in [0.1, 0.15) is 0 Å². The van der Waals surface area contributed by atoms with Gasteiger partial charge in [0.05, 0.1) is 34.8 Å². The number of halogens is 2. The average Bonchev–Trinajstić information content (AvgIpc) is 3.38. The van der Waals surface area contributed by atoms with E-state index in [-0.39, 0.29) is 27.7 Å². The van der Waals surface area contributed by atoms with Crippen molar-refractivity contribution < 1.29 is 9.72 Å². The highest BCUT2D eigenvalue weighted by Crippen LogP contribution is 2.65. The molecule has 4 aliphatic carbocycles. The Kier molecular flexibility index (Phi) is 5.84. The van der Waals surface area contributed by atoms with Gasteiger partial charge in [-0.25, -0.2) is 0 Å². The molecule has 194 valence electrons. The molecule has 2 heterocycles. The third kappa shape index (κ3) is 4.32. The largest absolute Gasteiger partial charge is 0.408 e. The van der Waals surface area contributed by atoms with Crippen LogP contribution in [-0.4, -0.2) is 30.4 Å². The van der Waals surface area contributed by atoms with Gasteiger partial charge >= 0.3 is 5.82 Å². The molecule has 1 aromatic carbocycles. The Labute approximate surface area is 224 Å². The molecule has 1 amide bonds. The number of hydrogen-bond donors (Lipinski definition) is 1. The van der Waals surface area contributed by atoms with Gasteiger partial charge in [0.15, 0.2) is 5.02 Å². The van der Waals surface area contributed by atoms with E-state index in [0.29, 0.717) is 41.2 Å². The van der Waals surface area contributed by atoms with E-state index in [1.807, 2.05) is 35.1 Å². The van der Waals surface area contributed by atoms with Crippen LogP contribution in [0.3, 0.4) is 0 Å². The van der Waals surface area contributed by atoms with Gasteiger partial charge in [0.25, 0.3) is 0 Å². The lowest BCUT2D eigenvalue weighted by atomic mass is 9.46. The molecule has 0 aliphatic heterocycles. The second kappa shape index (κ2) is 8.84. The zero-order valence-corrected chi connectivity index (χ0v) is 22.0. The molecule has 1 N–H and O–H groups in total. The van der Waals surface area contributed by atoms with Crippen LogP contribution in [0.5, 0.6) is 0 Å². The Morgan fingerprint density at radius 1 is 1.22 bits per heavy atom. The molecule has 9 nitrogen and oxygen atoms in total. The van der Waals surface area contributed by atoms with Crippen LogP contribution in [0.15, 0.2) is 36.7 Å². The number of nitro groups is 1. The molecule has 4 aliphatic rings. The molecule has 0 radical (unpaired) electrons. The minimum atomic E-state index is -0.512. The number of carbonyl (C=O) groups excluding carboxylic acids is 1. The summed E-state index contributed by atoms with van der Waals surface area (Å²) < 4.78 is 3.59. The van der Waals surface area contributed by atoms with Crippen molar-refractivity contribution in [1.82, 2.24) is 19.6 Å². The summed E-state index contributed by atoms with van der Waals surface area (Å²) in [5.41, 5.74) is 1.77. The molecule has 11 heteroatoms. The molecule has 2 aromatic heterocycles. The summed E-state index contributed by atoms with van der Waals surface area (Å²) in [6.45, 7) is 2.32. The van der Waals surface area contributed by atoms with Crippen LogP contribution in [-0.2, 0) is 16.9 Å². The fourth-order valence-corrected chi connectivity index (χ4v) is 8.15. The van der Waals surface area contributed by atoms with Crippen molar-refractivity contribution in [2.45, 2.75) is 64.0 Å². The molecule has 0 spiro atoms. The number of nitrogens with zero attached hydrogens (tertiary/aromatic N) is 5. The van der Waals surface area contributed by atoms with E-state index in [9.17, 15) is 14.9 Å². The average molecular weight is 543 g/mol. The van der Waals surface area contributed by atoms with Gasteiger partial charge in [-0.3, -0.25) is 9.48 Å². The first kappa shape index (κ1) is 24.4. The Hall–Kier alpha value is -2.91. The lowest BCUT2D eigenvalue weighted by Crippen LogP contribution is -2.57. The molecule has 2 atom stereocenters. The van der Waals surface area contributed by atoms with Crippen molar-refractivity contribution in [1.29, 1.82) is 0 Å². The molecule has 0 saturated heterocycles. The Bertz CT molecular complexity index is 1380. The number of amides is 1. The van der Waals surface area contributed by atoms with Gasteiger partial charge in [-0.1, -0.05) is 41.4 Å². The third-order valence-electron chi connectivity index (χ3n) is 8.54. The van der Waals surface area contributed by atoms with E-state index >= 15 is 0 Å². The highest BCUT2D eigenvalue weighted by molar-refractivity contribution is 6.33. The number of benzene rings is 1. The van der Waals surface area contributed by atoms with Crippen LogP contribution in [0.4, 0.5) is 11.5 Å². The maximum absolute atomic E-state index is 13.3. The smallest absolute Gasteiger partial charge is 0.358 e. The molecule has 7 rings (SSSR count). The van der Waals surface area contributed by atoms with E-state index in [1.165, 1.54) is 0 Å². The van der Waals surface area contributed by atoms with Crippen LogP contribution in [0.1, 0.15) is 56.2 Å². The normalized spacial score (nSPS) is 28.0. The van der Waals surface area contributed by atoms with Crippen molar-refractivity contribution in [2.75, 3.05) is 5.32 Å². The first-order valence-corrected chi connectivity index (χ1v) is 13.4. The van der Waals surface area contributed by atoms with Crippen LogP contribution in [0.25, 0.3) is 0 Å². The van der Waals surface area contributed by atoms with E-state index in [1.54, 1.807) is 17.8 Å². The summed E-state index contributed by atoms with van der Waals surface area (Å²) >= 11 is 12.6. The first-order chi connectivity index (χ1) is 17.7. The van der Waals surface area contributed by atoms with Gasteiger partial charge < -0.3 is 15.4 Å². The second-order valence-corrected chi connectivity index (χ2v) is 12.1. The highest BCUT2D eigenvalue weighted by atomic mass is 35.5. The maximum Gasteiger partial charge on any atom is 0.408 e. The van der Waals surface area contributed by atoms with Crippen molar-refractivity contribution >= 4 is 40.6 Å². The monoisotopic (exact) mass is 542 g/mol. The molecule has 4 saturated carbocycles. The topological polar surface area (TPSA) is 108 Å². The number of anilines is 1. The lowest BCUT2D eigenvalue weighted by Gasteiger charge is -2.61. The van der Waals surface area contributed by atoms with E-state index in [0.717, 1.165) is 44.1 Å². The number of hydrogen-bond acceptors (Lipinski definition) is 5. The summed E-state index contributed by atoms with van der Waals surface area (Å²) in [5.74, 6) is 0.647. The van der Waals surface area contributed by atoms with Gasteiger partial charge in [-0.15, -0.1) is 0 Å². The van der Waals surface area contributed by atoms with E-state index in [4.69, 9.17) is 23.2 Å². The van der Waals surface area contributed by atoms with E-state index in [2.05, 4.69) is 15.5 Å². The summed E-state index contributed by atoms with van der Waals surface area (Å²) in [5, 5.41) is 24.1. The zero-order valence-electron chi connectivity index (χ0n) is 20.5. The first-order valence-electron chi connectivity index (χ1n) is 12.6. The lowest BCUT2D eigenvalue weighted by molar-refractivity contribution is -0.389. The second-order valence-electron chi connectivity index (χ2n) is 11.3. The van der Waals surface area contributed by atoms with Crippen molar-refractivity contribution in [3.63, 3.8) is 0 Å². The van der Waals surface area contributed by atoms with Crippen LogP contribution in [0, 0.1) is 34.3 Å². The minimum absolute atomic E-state index is 0.0319. The SMILES string of the molecule is Cc1c(Cl)c([N+](=O)[O-])nn1C12CC3CC(CC(CC(=O)Nc4cnn(Cc5ccccc5Cl)c4)(C3)C1)C2. The van der Waals surface area contributed by atoms with Crippen molar-refractivity contribution in [3.05, 3.63) is 68.1 Å². The summed E-state index contributed by atoms with van der Waals surface area (Å²) in [6, 6.07) is 7.62. The van der Waals surface area contributed by atoms with Crippen molar-refractivity contribution in [3.8, 4) is 0 Å². The zero-order chi connectivity index (χ0) is 25.9. The molecule has 3 aromatic rings. The molecule has 37 heavy (non-hydrogen) atoms. The number of aromatic nitrogens is 4. The predicted octanol–water partition coefficient (Wildman–Crippen LogP) is 5.98. The molecule has 4 bridgehead atoms. The summed E-state index contributed by atoms with van der Waals surface area (Å²) in [7, 11) is 0. The van der Waals surface area contributed by atoms with Crippen LogP contribution >= 0.6 is 23.2 Å². The van der Waals surface area contributed by atoms with Crippen molar-refractivity contribution in [2.24, 2.45) is 17.3 Å². The standard InChI is InChI=1S/C26H28Cl2N6O3/c1-16-23(28)24(34(36)37)31-33(16)26-9-17-6-18(10-26)8-25(7-17,15-26)11-22(35)30-20-12-29-32(14-20)13-19-4-2-3-5-21(19)27/h2-5,12,14,17-18H,6-11,13,15H2,1H3,(H,30,35). The number of carbonyl (C=O) groups is 1. The maximum atomic E-state index is 13.3. The van der Waals surface area contributed by atoms with Gasteiger partial charge in [-0.2, -0.15) is 9.78 Å². The highest BCUT2D eigenvalue weighted by Gasteiger charge is 2.60. The minimum Gasteiger partial charge on any atom is -0.358 e. The number of nitrogens with one attached hydrogen (secondary N) is 1. The summed E-state index contributed by atoms with van der Waals surface area (Å²) in [4.78, 5) is 24.3. The Balaban J connectivity index is 1.19. The Morgan fingerprint density at radius 3 is 2.62 bits per heavy atom.